The Morgan fingerprint density at radius 3 is 2.64 bits per heavy atom. The van der Waals surface area contributed by atoms with Gasteiger partial charge in [-0.2, -0.15) is 0 Å². The lowest BCUT2D eigenvalue weighted by Gasteiger charge is -2.33. The molecule has 3 aromatic rings. The molecule has 0 amide bonds. The van der Waals surface area contributed by atoms with Gasteiger partial charge in [0.1, 0.15) is 9.57 Å². The molecule has 0 saturated heterocycles. The summed E-state index contributed by atoms with van der Waals surface area (Å²) < 4.78 is 6.43. The third-order valence-electron chi connectivity index (χ3n) is 4.13. The standard InChI is InChI=1S/C19H15NO2S3/c1-19(2)16-15(18(23)25-24-16)13-10-12(8-9-14(13)20-19)22-17(21)11-6-4-3-5-7-11/h3-10,20H,1-2H3. The smallest absolute Gasteiger partial charge is 0.343 e. The molecule has 25 heavy (non-hydrogen) atoms. The Kier molecular flexibility index (Phi) is 3.98. The van der Waals surface area contributed by atoms with E-state index >= 15 is 0 Å². The fourth-order valence-corrected chi connectivity index (χ4v) is 6.20. The number of nitrogens with one attached hydrogen (secondary N) is 1. The minimum absolute atomic E-state index is 0.164. The van der Waals surface area contributed by atoms with Crippen LogP contribution >= 0.6 is 32.9 Å². The van der Waals surface area contributed by atoms with Crippen LogP contribution in [-0.4, -0.2) is 5.97 Å². The Balaban J connectivity index is 1.73. The van der Waals surface area contributed by atoms with Gasteiger partial charge in [0.15, 0.2) is 0 Å². The van der Waals surface area contributed by atoms with Crippen molar-refractivity contribution in [1.82, 2.24) is 0 Å². The van der Waals surface area contributed by atoms with Gasteiger partial charge >= 0.3 is 5.97 Å². The van der Waals surface area contributed by atoms with Crippen molar-refractivity contribution in [2.75, 3.05) is 5.32 Å². The molecule has 3 nitrogen and oxygen atoms in total. The maximum atomic E-state index is 12.3. The van der Waals surface area contributed by atoms with E-state index in [0.29, 0.717) is 11.3 Å². The summed E-state index contributed by atoms with van der Waals surface area (Å²) in [5.74, 6) is 0.155. The average Bonchev–Trinajstić information content (AvgIpc) is 2.99. The molecule has 1 aromatic heterocycles. The Labute approximate surface area is 158 Å². The van der Waals surface area contributed by atoms with Crippen LogP contribution in [0.1, 0.15) is 29.1 Å². The highest BCUT2D eigenvalue weighted by molar-refractivity contribution is 7.80. The minimum atomic E-state index is -0.364. The van der Waals surface area contributed by atoms with Crippen molar-refractivity contribution < 1.29 is 9.53 Å². The third-order valence-corrected chi connectivity index (χ3v) is 7.47. The van der Waals surface area contributed by atoms with Gasteiger partial charge in [0, 0.05) is 16.8 Å². The molecule has 0 unspecified atom stereocenters. The largest absolute Gasteiger partial charge is 0.423 e. The number of anilines is 1. The molecule has 2 heterocycles. The normalized spacial score (nSPS) is 14.2. The van der Waals surface area contributed by atoms with E-state index in [2.05, 4.69) is 19.2 Å². The van der Waals surface area contributed by atoms with Crippen LogP contribution in [0, 0.1) is 3.82 Å². The molecule has 0 radical (unpaired) electrons. The van der Waals surface area contributed by atoms with Crippen molar-refractivity contribution in [3.05, 3.63) is 62.8 Å². The summed E-state index contributed by atoms with van der Waals surface area (Å²) in [5.41, 5.74) is 3.45. The van der Waals surface area contributed by atoms with E-state index in [1.54, 1.807) is 32.8 Å². The zero-order chi connectivity index (χ0) is 17.6. The summed E-state index contributed by atoms with van der Waals surface area (Å²) in [4.78, 5) is 13.5. The van der Waals surface area contributed by atoms with Crippen LogP contribution in [0.2, 0.25) is 0 Å². The zero-order valence-corrected chi connectivity index (χ0v) is 16.1. The van der Waals surface area contributed by atoms with Crippen LogP contribution in [0.3, 0.4) is 0 Å². The van der Waals surface area contributed by atoms with Crippen LogP contribution < -0.4 is 10.1 Å². The lowest BCUT2D eigenvalue weighted by molar-refractivity contribution is 0.0735. The maximum absolute atomic E-state index is 12.3. The van der Waals surface area contributed by atoms with Gasteiger partial charge in [0.05, 0.1) is 16.0 Å². The zero-order valence-electron chi connectivity index (χ0n) is 13.7. The Hall–Kier alpha value is -2.02. The molecule has 0 aliphatic carbocycles. The maximum Gasteiger partial charge on any atom is 0.343 e. The topological polar surface area (TPSA) is 38.3 Å². The van der Waals surface area contributed by atoms with Gasteiger partial charge in [-0.15, -0.1) is 0 Å². The summed E-state index contributed by atoms with van der Waals surface area (Å²) in [7, 11) is 3.32. The molecule has 4 rings (SSSR count). The van der Waals surface area contributed by atoms with E-state index in [0.717, 1.165) is 20.6 Å². The highest BCUT2D eigenvalue weighted by Gasteiger charge is 2.33. The molecule has 0 fully saturated rings. The van der Waals surface area contributed by atoms with Gasteiger partial charge in [-0.1, -0.05) is 51.1 Å². The van der Waals surface area contributed by atoms with E-state index in [4.69, 9.17) is 17.0 Å². The number of ether oxygens (including phenoxy) is 1. The molecule has 2 aromatic carbocycles. The van der Waals surface area contributed by atoms with E-state index in [9.17, 15) is 4.79 Å². The molecule has 1 N–H and O–H groups in total. The van der Waals surface area contributed by atoms with Gasteiger partial charge in [-0.05, 0) is 44.2 Å². The molecular weight excluding hydrogens is 370 g/mol. The molecule has 0 spiro atoms. The number of benzene rings is 2. The molecule has 0 saturated carbocycles. The van der Waals surface area contributed by atoms with Gasteiger partial charge in [-0.3, -0.25) is 0 Å². The van der Waals surface area contributed by atoms with Crippen molar-refractivity contribution in [3.8, 4) is 16.9 Å². The van der Waals surface area contributed by atoms with Crippen molar-refractivity contribution in [2.45, 2.75) is 19.4 Å². The Morgan fingerprint density at radius 2 is 1.88 bits per heavy atom. The average molecular weight is 386 g/mol. The lowest BCUT2D eigenvalue weighted by atomic mass is 9.90. The van der Waals surface area contributed by atoms with Gasteiger partial charge < -0.3 is 10.1 Å². The molecule has 0 atom stereocenters. The number of carbonyl (C=O) groups excluding carboxylic acids is 1. The van der Waals surface area contributed by atoms with Crippen LogP contribution in [-0.2, 0) is 5.54 Å². The fraction of sp³-hybridized carbons (Fsp3) is 0.158. The van der Waals surface area contributed by atoms with Crippen LogP contribution in [0.4, 0.5) is 5.69 Å². The van der Waals surface area contributed by atoms with E-state index in [1.807, 2.05) is 36.4 Å². The summed E-state index contributed by atoms with van der Waals surface area (Å²) in [6.45, 7) is 4.30. The SMILES string of the molecule is CC1(C)Nc2ccc(OC(=O)c3ccccc3)cc2-c2c1ssc2=S. The summed E-state index contributed by atoms with van der Waals surface area (Å²) >= 11 is 5.55. The summed E-state index contributed by atoms with van der Waals surface area (Å²) in [6, 6.07) is 14.6. The second-order valence-electron chi connectivity index (χ2n) is 6.37. The molecule has 1 aliphatic rings. The van der Waals surface area contributed by atoms with Crippen molar-refractivity contribution in [3.63, 3.8) is 0 Å². The van der Waals surface area contributed by atoms with E-state index in [-0.39, 0.29) is 11.5 Å². The second-order valence-corrected chi connectivity index (χ2v) is 9.19. The van der Waals surface area contributed by atoms with Crippen LogP contribution in [0.15, 0.2) is 48.5 Å². The number of esters is 1. The minimum Gasteiger partial charge on any atom is -0.423 e. The fourth-order valence-electron chi connectivity index (χ4n) is 2.94. The Bertz CT molecular complexity index is 1020. The van der Waals surface area contributed by atoms with Crippen LogP contribution in [0.25, 0.3) is 11.1 Å². The highest BCUT2D eigenvalue weighted by Crippen LogP contribution is 2.49. The lowest BCUT2D eigenvalue weighted by Crippen LogP contribution is -2.30. The Morgan fingerprint density at radius 1 is 1.12 bits per heavy atom. The number of hydrogen-bond donors (Lipinski definition) is 1. The summed E-state index contributed by atoms with van der Waals surface area (Å²) in [5, 5.41) is 3.55. The molecule has 1 aliphatic heterocycles. The van der Waals surface area contributed by atoms with Crippen LogP contribution in [0.5, 0.6) is 5.75 Å². The molecule has 6 heteroatoms. The molecular formula is C19H15NO2S3. The van der Waals surface area contributed by atoms with E-state index in [1.165, 1.54) is 4.88 Å². The van der Waals surface area contributed by atoms with Crippen molar-refractivity contribution in [2.24, 2.45) is 0 Å². The van der Waals surface area contributed by atoms with Gasteiger partial charge in [0.2, 0.25) is 0 Å². The first-order chi connectivity index (χ1) is 12.0. The second kappa shape index (κ2) is 6.05. The first-order valence-electron chi connectivity index (χ1n) is 7.79. The van der Waals surface area contributed by atoms with Crippen molar-refractivity contribution >= 4 is 44.6 Å². The molecule has 0 bridgehead atoms. The first-order valence-corrected chi connectivity index (χ1v) is 10.3. The number of carbonyl (C=O) groups is 1. The summed E-state index contributed by atoms with van der Waals surface area (Å²) in [6.07, 6.45) is 0. The third kappa shape index (κ3) is 2.90. The van der Waals surface area contributed by atoms with E-state index < -0.39 is 0 Å². The number of fused-ring (bicyclic) bond motifs is 3. The van der Waals surface area contributed by atoms with Crippen molar-refractivity contribution in [1.29, 1.82) is 0 Å². The van der Waals surface area contributed by atoms with Gasteiger partial charge in [-0.25, -0.2) is 4.79 Å². The predicted octanol–water partition coefficient (Wildman–Crippen LogP) is 6.09. The van der Waals surface area contributed by atoms with Gasteiger partial charge in [0.25, 0.3) is 0 Å². The number of hydrogen-bond acceptors (Lipinski definition) is 6. The number of rotatable bonds is 2. The predicted molar refractivity (Wildman–Crippen MR) is 107 cm³/mol. The quantitative estimate of drug-likeness (QED) is 0.251. The monoisotopic (exact) mass is 385 g/mol. The highest BCUT2D eigenvalue weighted by atomic mass is 32.9. The molecule has 126 valence electrons. The first kappa shape index (κ1) is 16.4.